The molecule has 1 aromatic rings. The average molecular weight is 247 g/mol. The highest BCUT2D eigenvalue weighted by Crippen LogP contribution is 2.27. The van der Waals surface area contributed by atoms with Crippen molar-refractivity contribution in [1.82, 2.24) is 4.90 Å². The molecular weight excluding hydrogens is 231 g/mol. The lowest BCUT2D eigenvalue weighted by Gasteiger charge is -2.29. The molecule has 1 aromatic carbocycles. The number of hydrogen-bond donors (Lipinski definition) is 2. The molecule has 5 heteroatoms. The van der Waals surface area contributed by atoms with Crippen LogP contribution in [-0.2, 0) is 0 Å². The second-order valence-electron chi connectivity index (χ2n) is 3.88. The summed E-state index contributed by atoms with van der Waals surface area (Å²) in [6, 6.07) is 3.78. The number of nitrogens with two attached hydrogens (primary N) is 1. The smallest absolute Gasteiger partial charge is 0.128 e. The first-order valence-electron chi connectivity index (χ1n) is 4.97. The summed E-state index contributed by atoms with van der Waals surface area (Å²) < 4.78 is 13.6. The van der Waals surface area contributed by atoms with Crippen molar-refractivity contribution in [1.29, 1.82) is 0 Å². The van der Waals surface area contributed by atoms with Crippen LogP contribution in [0.1, 0.15) is 11.6 Å². The van der Waals surface area contributed by atoms with Crippen molar-refractivity contribution in [2.75, 3.05) is 20.6 Å². The summed E-state index contributed by atoms with van der Waals surface area (Å²) in [6.07, 6.45) is -0.831. The van der Waals surface area contributed by atoms with Gasteiger partial charge in [0.25, 0.3) is 0 Å². The molecule has 1 rings (SSSR count). The molecule has 0 saturated heterocycles. The van der Waals surface area contributed by atoms with E-state index in [1.807, 2.05) is 0 Å². The molecule has 0 aromatic heterocycles. The zero-order chi connectivity index (χ0) is 12.3. The van der Waals surface area contributed by atoms with Gasteiger partial charge in [0.05, 0.1) is 12.1 Å². The fraction of sp³-hybridized carbons (Fsp3) is 0.455. The quantitative estimate of drug-likeness (QED) is 0.845. The molecule has 3 N–H and O–H groups in total. The maximum Gasteiger partial charge on any atom is 0.128 e. The minimum atomic E-state index is -0.831. The molecule has 0 aliphatic carbocycles. The third kappa shape index (κ3) is 2.92. The third-order valence-electron chi connectivity index (χ3n) is 2.44. The molecule has 90 valence electrons. The summed E-state index contributed by atoms with van der Waals surface area (Å²) in [5, 5.41) is 10.2. The summed E-state index contributed by atoms with van der Waals surface area (Å²) in [5.41, 5.74) is 5.76. The van der Waals surface area contributed by atoms with Crippen molar-refractivity contribution < 1.29 is 9.50 Å². The van der Waals surface area contributed by atoms with Crippen LogP contribution in [0.2, 0.25) is 5.02 Å². The summed E-state index contributed by atoms with van der Waals surface area (Å²) in [7, 11) is 3.51. The molecule has 0 bridgehead atoms. The Kier molecular flexibility index (Phi) is 4.68. The molecule has 0 fully saturated rings. The second-order valence-corrected chi connectivity index (χ2v) is 4.31. The van der Waals surface area contributed by atoms with Crippen molar-refractivity contribution in [3.8, 4) is 0 Å². The van der Waals surface area contributed by atoms with Crippen molar-refractivity contribution in [3.05, 3.63) is 34.6 Å². The van der Waals surface area contributed by atoms with Crippen LogP contribution >= 0.6 is 11.6 Å². The van der Waals surface area contributed by atoms with E-state index in [1.165, 1.54) is 18.2 Å². The lowest BCUT2D eigenvalue weighted by molar-refractivity contribution is 0.0802. The highest BCUT2D eigenvalue weighted by Gasteiger charge is 2.25. The van der Waals surface area contributed by atoms with E-state index in [4.69, 9.17) is 17.3 Å². The van der Waals surface area contributed by atoms with Gasteiger partial charge in [-0.25, -0.2) is 4.39 Å². The largest absolute Gasteiger partial charge is 0.390 e. The number of hydrogen-bond acceptors (Lipinski definition) is 3. The Balaban J connectivity index is 3.15. The molecule has 0 saturated carbocycles. The van der Waals surface area contributed by atoms with Crippen LogP contribution in [0, 0.1) is 5.82 Å². The molecule has 0 aliphatic rings. The molecule has 0 spiro atoms. The standard InChI is InChI=1S/C11H16ClFN2O/c1-15(2)11(10(16)6-14)8-5-7(12)3-4-9(8)13/h3-5,10-11,16H,6,14H2,1-2H3. The maximum atomic E-state index is 13.6. The average Bonchev–Trinajstić information content (AvgIpc) is 2.22. The SMILES string of the molecule is CN(C)C(c1cc(Cl)ccc1F)C(O)CN. The van der Waals surface area contributed by atoms with Crippen molar-refractivity contribution >= 4 is 11.6 Å². The molecule has 0 radical (unpaired) electrons. The number of benzene rings is 1. The lowest BCUT2D eigenvalue weighted by Crippen LogP contribution is -2.36. The molecule has 16 heavy (non-hydrogen) atoms. The van der Waals surface area contributed by atoms with Crippen LogP contribution in [0.25, 0.3) is 0 Å². The van der Waals surface area contributed by atoms with E-state index in [9.17, 15) is 9.50 Å². The van der Waals surface area contributed by atoms with Gasteiger partial charge in [0.2, 0.25) is 0 Å². The minimum absolute atomic E-state index is 0.0643. The summed E-state index contributed by atoms with van der Waals surface area (Å²) in [5.74, 6) is -0.393. The molecule has 2 unspecified atom stereocenters. The van der Waals surface area contributed by atoms with Gasteiger partial charge in [0, 0.05) is 17.1 Å². The fourth-order valence-electron chi connectivity index (χ4n) is 1.70. The van der Waals surface area contributed by atoms with Crippen LogP contribution in [0.3, 0.4) is 0 Å². The predicted octanol–water partition coefficient (Wildman–Crippen LogP) is 1.40. The van der Waals surface area contributed by atoms with E-state index in [1.54, 1.807) is 19.0 Å². The number of likely N-dealkylation sites (N-methyl/N-ethyl adjacent to an activating group) is 1. The molecule has 0 heterocycles. The molecule has 0 aliphatic heterocycles. The van der Waals surface area contributed by atoms with Gasteiger partial charge in [-0.2, -0.15) is 0 Å². The zero-order valence-corrected chi connectivity index (χ0v) is 10.1. The molecular formula is C11H16ClFN2O. The fourth-order valence-corrected chi connectivity index (χ4v) is 1.88. The monoisotopic (exact) mass is 246 g/mol. The Morgan fingerprint density at radius 2 is 2.12 bits per heavy atom. The van der Waals surface area contributed by atoms with Gasteiger partial charge in [0.1, 0.15) is 5.82 Å². The van der Waals surface area contributed by atoms with Gasteiger partial charge in [-0.15, -0.1) is 0 Å². The van der Waals surface area contributed by atoms with Gasteiger partial charge < -0.3 is 10.8 Å². The topological polar surface area (TPSA) is 49.5 Å². The van der Waals surface area contributed by atoms with E-state index >= 15 is 0 Å². The molecule has 0 amide bonds. The van der Waals surface area contributed by atoms with Gasteiger partial charge in [-0.1, -0.05) is 11.6 Å². The van der Waals surface area contributed by atoms with Crippen LogP contribution < -0.4 is 5.73 Å². The number of nitrogens with zero attached hydrogens (tertiary/aromatic N) is 1. The maximum absolute atomic E-state index is 13.6. The first-order valence-corrected chi connectivity index (χ1v) is 5.34. The van der Waals surface area contributed by atoms with Crippen LogP contribution in [0.4, 0.5) is 4.39 Å². The Morgan fingerprint density at radius 3 is 2.62 bits per heavy atom. The van der Waals surface area contributed by atoms with Gasteiger partial charge >= 0.3 is 0 Å². The second kappa shape index (κ2) is 5.59. The van der Waals surface area contributed by atoms with Crippen molar-refractivity contribution in [2.24, 2.45) is 5.73 Å². The number of halogens is 2. The molecule has 2 atom stereocenters. The summed E-state index contributed by atoms with van der Waals surface area (Å²) in [6.45, 7) is 0.0643. The lowest BCUT2D eigenvalue weighted by atomic mass is 10.00. The van der Waals surface area contributed by atoms with E-state index in [-0.39, 0.29) is 6.54 Å². The summed E-state index contributed by atoms with van der Waals surface area (Å²) >= 11 is 5.82. The first-order chi connectivity index (χ1) is 7.47. The highest BCUT2D eigenvalue weighted by molar-refractivity contribution is 6.30. The van der Waals surface area contributed by atoms with Crippen LogP contribution in [-0.4, -0.2) is 36.8 Å². The van der Waals surface area contributed by atoms with E-state index in [0.29, 0.717) is 10.6 Å². The number of aliphatic hydroxyl groups is 1. The Bertz CT molecular complexity index is 360. The Morgan fingerprint density at radius 1 is 1.50 bits per heavy atom. The molecule has 3 nitrogen and oxygen atoms in total. The van der Waals surface area contributed by atoms with Crippen LogP contribution in [0.15, 0.2) is 18.2 Å². The van der Waals surface area contributed by atoms with Gasteiger partial charge in [-0.3, -0.25) is 4.90 Å². The van der Waals surface area contributed by atoms with E-state index < -0.39 is 18.0 Å². The van der Waals surface area contributed by atoms with E-state index in [0.717, 1.165) is 0 Å². The summed E-state index contributed by atoms with van der Waals surface area (Å²) in [4.78, 5) is 1.71. The van der Waals surface area contributed by atoms with Gasteiger partial charge in [-0.05, 0) is 32.3 Å². The van der Waals surface area contributed by atoms with Crippen molar-refractivity contribution in [2.45, 2.75) is 12.1 Å². The zero-order valence-electron chi connectivity index (χ0n) is 9.32. The van der Waals surface area contributed by atoms with Crippen molar-refractivity contribution in [3.63, 3.8) is 0 Å². The Hall–Kier alpha value is -0.680. The number of rotatable bonds is 4. The van der Waals surface area contributed by atoms with E-state index in [2.05, 4.69) is 0 Å². The van der Waals surface area contributed by atoms with Gasteiger partial charge in [0.15, 0.2) is 0 Å². The minimum Gasteiger partial charge on any atom is -0.390 e. The van der Waals surface area contributed by atoms with Crippen LogP contribution in [0.5, 0.6) is 0 Å². The highest BCUT2D eigenvalue weighted by atomic mass is 35.5. The third-order valence-corrected chi connectivity index (χ3v) is 2.67. The normalized spacial score (nSPS) is 15.2. The number of aliphatic hydroxyl groups excluding tert-OH is 1. The predicted molar refractivity (Wildman–Crippen MR) is 62.9 cm³/mol. The first kappa shape index (κ1) is 13.4. The Labute approximate surface area is 99.6 Å².